The fourth-order valence-electron chi connectivity index (χ4n) is 3.19. The highest BCUT2D eigenvalue weighted by molar-refractivity contribution is 5.63. The molecule has 0 amide bonds. The number of nitrogens with zero attached hydrogens (tertiary/aromatic N) is 2. The van der Waals surface area contributed by atoms with Crippen LogP contribution in [0.4, 0.5) is 0 Å². The van der Waals surface area contributed by atoms with Crippen LogP contribution < -0.4 is 0 Å². The first-order valence-electron chi connectivity index (χ1n) is 7.68. The van der Waals surface area contributed by atoms with Gasteiger partial charge in [-0.1, -0.05) is 48.0 Å². The van der Waals surface area contributed by atoms with Crippen LogP contribution in [-0.2, 0) is 0 Å². The summed E-state index contributed by atoms with van der Waals surface area (Å²) in [7, 11) is 0. The Morgan fingerprint density at radius 3 is 2.00 bits per heavy atom. The third kappa shape index (κ3) is 2.35. The van der Waals surface area contributed by atoms with E-state index in [1.54, 1.807) is 0 Å². The zero-order valence-electron chi connectivity index (χ0n) is 13.9. The molecule has 3 rings (SSSR count). The SMILES string of the molecule is Cc1cc(C)c(-n2c(-c3ccccc3)nc(C)c2C)c(C)c1. The van der Waals surface area contributed by atoms with Crippen molar-refractivity contribution in [3.05, 3.63) is 70.5 Å². The summed E-state index contributed by atoms with van der Waals surface area (Å²) in [5.41, 5.74) is 8.56. The molecule has 112 valence electrons. The van der Waals surface area contributed by atoms with Gasteiger partial charge in [-0.15, -0.1) is 0 Å². The van der Waals surface area contributed by atoms with Crippen molar-refractivity contribution in [3.63, 3.8) is 0 Å². The van der Waals surface area contributed by atoms with Gasteiger partial charge >= 0.3 is 0 Å². The highest BCUT2D eigenvalue weighted by Crippen LogP contribution is 2.30. The van der Waals surface area contributed by atoms with Gasteiger partial charge in [0.25, 0.3) is 0 Å². The second-order valence-corrected chi connectivity index (χ2v) is 6.05. The highest BCUT2D eigenvalue weighted by atomic mass is 15.1. The molecule has 2 nitrogen and oxygen atoms in total. The van der Waals surface area contributed by atoms with E-state index >= 15 is 0 Å². The summed E-state index contributed by atoms with van der Waals surface area (Å²) in [6.45, 7) is 10.7. The van der Waals surface area contributed by atoms with Crippen LogP contribution in [-0.4, -0.2) is 9.55 Å². The Morgan fingerprint density at radius 2 is 1.41 bits per heavy atom. The molecule has 0 atom stereocenters. The minimum absolute atomic E-state index is 1.02. The van der Waals surface area contributed by atoms with Crippen molar-refractivity contribution < 1.29 is 0 Å². The van der Waals surface area contributed by atoms with Gasteiger partial charge in [-0.3, -0.25) is 4.57 Å². The van der Waals surface area contributed by atoms with Gasteiger partial charge in [-0.05, 0) is 45.7 Å². The van der Waals surface area contributed by atoms with Crippen molar-refractivity contribution in [1.82, 2.24) is 9.55 Å². The molecule has 0 radical (unpaired) electrons. The second kappa shape index (κ2) is 5.45. The van der Waals surface area contributed by atoms with E-state index < -0.39 is 0 Å². The summed E-state index contributed by atoms with van der Waals surface area (Å²) in [5, 5.41) is 0. The summed E-state index contributed by atoms with van der Waals surface area (Å²) in [6.07, 6.45) is 0. The molecule has 0 aliphatic carbocycles. The number of rotatable bonds is 2. The first-order chi connectivity index (χ1) is 10.5. The van der Waals surface area contributed by atoms with Gasteiger partial charge < -0.3 is 0 Å². The molecule has 2 heteroatoms. The van der Waals surface area contributed by atoms with Crippen molar-refractivity contribution >= 4 is 0 Å². The molecule has 22 heavy (non-hydrogen) atoms. The van der Waals surface area contributed by atoms with Crippen molar-refractivity contribution in [2.45, 2.75) is 34.6 Å². The van der Waals surface area contributed by atoms with Crippen LogP contribution in [0.25, 0.3) is 17.1 Å². The lowest BCUT2D eigenvalue weighted by molar-refractivity contribution is 0.980. The number of hydrogen-bond donors (Lipinski definition) is 0. The maximum atomic E-state index is 4.82. The first-order valence-corrected chi connectivity index (χ1v) is 7.68. The van der Waals surface area contributed by atoms with Gasteiger partial charge in [0.2, 0.25) is 0 Å². The van der Waals surface area contributed by atoms with E-state index in [2.05, 4.69) is 75.6 Å². The van der Waals surface area contributed by atoms with Gasteiger partial charge in [-0.2, -0.15) is 0 Å². The van der Waals surface area contributed by atoms with Crippen LogP contribution in [0.5, 0.6) is 0 Å². The average molecular weight is 290 g/mol. The zero-order valence-corrected chi connectivity index (χ0v) is 13.9. The van der Waals surface area contributed by atoms with E-state index in [0.717, 1.165) is 17.1 Å². The smallest absolute Gasteiger partial charge is 0.145 e. The monoisotopic (exact) mass is 290 g/mol. The molecule has 2 aromatic carbocycles. The largest absolute Gasteiger partial charge is 0.296 e. The molecule has 0 spiro atoms. The Hall–Kier alpha value is -2.35. The summed E-state index contributed by atoms with van der Waals surface area (Å²) in [4.78, 5) is 4.82. The number of hydrogen-bond acceptors (Lipinski definition) is 1. The standard InChI is InChI=1S/C20H22N2/c1-13-11-14(2)19(15(3)12-13)22-17(5)16(4)21-20(22)18-9-7-6-8-10-18/h6-12H,1-5H3. The molecule has 0 aliphatic heterocycles. The zero-order chi connectivity index (χ0) is 15.9. The van der Waals surface area contributed by atoms with Crippen LogP contribution in [0.2, 0.25) is 0 Å². The van der Waals surface area contributed by atoms with E-state index in [1.807, 2.05) is 6.07 Å². The second-order valence-electron chi connectivity index (χ2n) is 6.05. The molecule has 0 N–H and O–H groups in total. The normalized spacial score (nSPS) is 11.0. The maximum Gasteiger partial charge on any atom is 0.145 e. The molecule has 1 heterocycles. The molecule has 0 saturated carbocycles. The minimum Gasteiger partial charge on any atom is -0.296 e. The van der Waals surface area contributed by atoms with Crippen molar-refractivity contribution in [2.24, 2.45) is 0 Å². The van der Waals surface area contributed by atoms with Crippen LogP contribution >= 0.6 is 0 Å². The third-order valence-electron chi connectivity index (χ3n) is 4.24. The van der Waals surface area contributed by atoms with E-state index in [-0.39, 0.29) is 0 Å². The van der Waals surface area contributed by atoms with Gasteiger partial charge in [0, 0.05) is 11.3 Å². The summed E-state index contributed by atoms with van der Waals surface area (Å²) in [5.74, 6) is 1.02. The molecular weight excluding hydrogens is 268 g/mol. The van der Waals surface area contributed by atoms with Crippen LogP contribution in [0, 0.1) is 34.6 Å². The van der Waals surface area contributed by atoms with Gasteiger partial charge in [-0.25, -0.2) is 4.98 Å². The Morgan fingerprint density at radius 1 is 0.818 bits per heavy atom. The average Bonchev–Trinajstić information content (AvgIpc) is 2.76. The lowest BCUT2D eigenvalue weighted by Gasteiger charge is -2.17. The summed E-state index contributed by atoms with van der Waals surface area (Å²) >= 11 is 0. The molecule has 0 fully saturated rings. The number of aryl methyl sites for hydroxylation is 4. The number of imidazole rings is 1. The number of aromatic nitrogens is 2. The molecular formula is C20H22N2. The maximum absolute atomic E-state index is 4.82. The van der Waals surface area contributed by atoms with Crippen LogP contribution in [0.1, 0.15) is 28.1 Å². The number of benzene rings is 2. The fraction of sp³-hybridized carbons (Fsp3) is 0.250. The van der Waals surface area contributed by atoms with Crippen molar-refractivity contribution in [3.8, 4) is 17.1 Å². The summed E-state index contributed by atoms with van der Waals surface area (Å²) in [6, 6.07) is 14.9. The van der Waals surface area contributed by atoms with Crippen LogP contribution in [0.15, 0.2) is 42.5 Å². The highest BCUT2D eigenvalue weighted by Gasteiger charge is 2.17. The Kier molecular flexibility index (Phi) is 3.61. The first kappa shape index (κ1) is 14.6. The molecule has 3 aromatic rings. The molecule has 0 saturated heterocycles. The predicted molar refractivity (Wildman–Crippen MR) is 92.7 cm³/mol. The van der Waals surface area contributed by atoms with Crippen LogP contribution in [0.3, 0.4) is 0 Å². The lowest BCUT2D eigenvalue weighted by atomic mass is 10.0. The minimum atomic E-state index is 1.02. The topological polar surface area (TPSA) is 17.8 Å². The molecule has 0 aliphatic rings. The molecule has 0 unspecified atom stereocenters. The molecule has 0 bridgehead atoms. The Labute approximate surface area is 132 Å². The van der Waals surface area contributed by atoms with E-state index in [1.165, 1.54) is 28.1 Å². The van der Waals surface area contributed by atoms with E-state index in [4.69, 9.17) is 4.98 Å². The van der Waals surface area contributed by atoms with Gasteiger partial charge in [0.15, 0.2) is 0 Å². The van der Waals surface area contributed by atoms with Crippen molar-refractivity contribution in [1.29, 1.82) is 0 Å². The van der Waals surface area contributed by atoms with E-state index in [9.17, 15) is 0 Å². The summed E-state index contributed by atoms with van der Waals surface area (Å²) < 4.78 is 2.30. The van der Waals surface area contributed by atoms with Gasteiger partial charge in [0.05, 0.1) is 11.4 Å². The fourth-order valence-corrected chi connectivity index (χ4v) is 3.19. The quantitative estimate of drug-likeness (QED) is 0.643. The lowest BCUT2D eigenvalue weighted by Crippen LogP contribution is -2.05. The Bertz CT molecular complexity index is 803. The van der Waals surface area contributed by atoms with Crippen molar-refractivity contribution in [2.75, 3.05) is 0 Å². The Balaban J connectivity index is 2.33. The third-order valence-corrected chi connectivity index (χ3v) is 4.24. The predicted octanol–water partition coefficient (Wildman–Crippen LogP) is 5.08. The van der Waals surface area contributed by atoms with E-state index in [0.29, 0.717) is 0 Å². The molecule has 1 aromatic heterocycles. The van der Waals surface area contributed by atoms with Gasteiger partial charge in [0.1, 0.15) is 5.82 Å².